The highest BCUT2D eigenvalue weighted by Gasteiger charge is 2.53. The van der Waals surface area contributed by atoms with Crippen molar-refractivity contribution in [3.8, 4) is 0 Å². The molecule has 10 heteroatoms. The molecule has 3 fully saturated rings. The lowest BCUT2D eigenvalue weighted by Crippen LogP contribution is -2.52. The van der Waals surface area contributed by atoms with Crippen molar-refractivity contribution >= 4 is 27.6 Å². The van der Waals surface area contributed by atoms with E-state index >= 15 is 0 Å². The van der Waals surface area contributed by atoms with Gasteiger partial charge in [-0.2, -0.15) is 0 Å². The van der Waals surface area contributed by atoms with E-state index in [0.717, 1.165) is 11.1 Å². The number of benzene rings is 1. The first-order chi connectivity index (χ1) is 14.2. The van der Waals surface area contributed by atoms with Crippen molar-refractivity contribution in [2.45, 2.75) is 37.5 Å². The molecular formula is C20H24N4O5S. The number of sulfone groups is 1. The van der Waals surface area contributed by atoms with Crippen molar-refractivity contribution in [2.24, 2.45) is 11.7 Å². The smallest absolute Gasteiger partial charge is 0.255 e. The highest BCUT2D eigenvalue weighted by molar-refractivity contribution is 7.91. The Hall–Kier alpha value is -2.30. The lowest BCUT2D eigenvalue weighted by molar-refractivity contribution is -0.136. The third-order valence-electron chi connectivity index (χ3n) is 6.79. The summed E-state index contributed by atoms with van der Waals surface area (Å²) < 4.78 is 23.9. The molecule has 3 unspecified atom stereocenters. The Kier molecular flexibility index (Phi) is 4.32. The second kappa shape index (κ2) is 6.60. The Balaban J connectivity index is 1.35. The highest BCUT2D eigenvalue weighted by Crippen LogP contribution is 2.36. The summed E-state index contributed by atoms with van der Waals surface area (Å²) in [4.78, 5) is 40.6. The van der Waals surface area contributed by atoms with Gasteiger partial charge in [-0.15, -0.1) is 0 Å². The maximum absolute atomic E-state index is 13.2. The summed E-state index contributed by atoms with van der Waals surface area (Å²) in [6.07, 6.45) is 0.553. The van der Waals surface area contributed by atoms with Crippen LogP contribution in [-0.2, 0) is 32.5 Å². The van der Waals surface area contributed by atoms with Gasteiger partial charge in [0.25, 0.3) is 5.91 Å². The third kappa shape index (κ3) is 3.14. The quantitative estimate of drug-likeness (QED) is 0.586. The molecule has 30 heavy (non-hydrogen) atoms. The van der Waals surface area contributed by atoms with Crippen LogP contribution >= 0.6 is 0 Å². The number of nitrogens with zero attached hydrogens (tertiary/aromatic N) is 2. The molecule has 4 aliphatic heterocycles. The molecule has 0 spiro atoms. The van der Waals surface area contributed by atoms with E-state index in [-0.39, 0.29) is 35.7 Å². The lowest BCUT2D eigenvalue weighted by Gasteiger charge is -2.29. The zero-order chi connectivity index (χ0) is 21.3. The molecule has 3 saturated heterocycles. The fourth-order valence-electron chi connectivity index (χ4n) is 5.44. The summed E-state index contributed by atoms with van der Waals surface area (Å²) in [5.74, 6) is -0.883. The van der Waals surface area contributed by atoms with E-state index in [1.807, 2.05) is 18.2 Å². The van der Waals surface area contributed by atoms with Crippen molar-refractivity contribution in [2.75, 3.05) is 24.6 Å². The number of fused-ring (bicyclic) bond motifs is 2. The molecule has 9 nitrogen and oxygen atoms in total. The Morgan fingerprint density at radius 1 is 1.23 bits per heavy atom. The van der Waals surface area contributed by atoms with Crippen molar-refractivity contribution in [3.63, 3.8) is 0 Å². The van der Waals surface area contributed by atoms with Crippen LogP contribution in [0.15, 0.2) is 18.2 Å². The average Bonchev–Trinajstić information content (AvgIpc) is 3.19. The van der Waals surface area contributed by atoms with Crippen LogP contribution in [-0.4, -0.2) is 72.1 Å². The Morgan fingerprint density at radius 2 is 2.03 bits per heavy atom. The number of imide groups is 1. The molecule has 0 bridgehead atoms. The van der Waals surface area contributed by atoms with E-state index in [2.05, 4.69) is 10.2 Å². The number of carbonyl (C=O) groups is 3. The SMILES string of the molecule is NC12CN(Cc3cccc4c3C(=O)N(C3CCC(=O)NC3=O)C4)CC1CS(=O)(=O)C2. The lowest BCUT2D eigenvalue weighted by atomic mass is 9.92. The molecule has 160 valence electrons. The van der Waals surface area contributed by atoms with Crippen molar-refractivity contribution in [1.82, 2.24) is 15.1 Å². The van der Waals surface area contributed by atoms with Gasteiger partial charge >= 0.3 is 0 Å². The minimum absolute atomic E-state index is 0.0102. The minimum Gasteiger partial charge on any atom is -0.323 e. The molecule has 5 rings (SSSR count). The molecule has 0 radical (unpaired) electrons. The van der Waals surface area contributed by atoms with Crippen LogP contribution < -0.4 is 11.1 Å². The van der Waals surface area contributed by atoms with Crippen molar-refractivity contribution in [1.29, 1.82) is 0 Å². The van der Waals surface area contributed by atoms with E-state index in [1.54, 1.807) is 4.90 Å². The van der Waals surface area contributed by atoms with Crippen LogP contribution in [0.3, 0.4) is 0 Å². The molecule has 0 saturated carbocycles. The Bertz CT molecular complexity index is 1070. The summed E-state index contributed by atoms with van der Waals surface area (Å²) in [6.45, 7) is 1.92. The zero-order valence-electron chi connectivity index (χ0n) is 16.5. The van der Waals surface area contributed by atoms with Crippen LogP contribution in [0.2, 0.25) is 0 Å². The fourth-order valence-corrected chi connectivity index (χ4v) is 7.76. The van der Waals surface area contributed by atoms with Gasteiger partial charge in [-0.05, 0) is 17.5 Å². The van der Waals surface area contributed by atoms with Gasteiger partial charge in [0.15, 0.2) is 9.84 Å². The maximum atomic E-state index is 13.2. The molecular weight excluding hydrogens is 408 g/mol. The second-order valence-electron chi connectivity index (χ2n) is 9.01. The number of rotatable bonds is 3. The molecule has 3 amide bonds. The van der Waals surface area contributed by atoms with Crippen LogP contribution in [0.25, 0.3) is 0 Å². The molecule has 3 atom stereocenters. The average molecular weight is 433 g/mol. The molecule has 0 aromatic heterocycles. The highest BCUT2D eigenvalue weighted by atomic mass is 32.2. The third-order valence-corrected chi connectivity index (χ3v) is 8.67. The first-order valence-corrected chi connectivity index (χ1v) is 11.9. The monoisotopic (exact) mass is 432 g/mol. The zero-order valence-corrected chi connectivity index (χ0v) is 17.3. The standard InChI is InChI=1S/C20H24N4O5S/c21-20-10-23(8-14(20)9-30(28,29)11-20)6-12-2-1-3-13-7-24(19(27)17(12)13)15-4-5-16(25)22-18(15)26/h1-3,14-15H,4-11,21H2,(H,22,25,26). The molecule has 0 aliphatic carbocycles. The molecule has 1 aromatic rings. The summed E-state index contributed by atoms with van der Waals surface area (Å²) in [7, 11) is -3.08. The van der Waals surface area contributed by atoms with Gasteiger partial charge in [0.05, 0.1) is 11.5 Å². The Labute approximate surface area is 174 Å². The topological polar surface area (TPSA) is 130 Å². The van der Waals surface area contributed by atoms with Gasteiger partial charge in [0, 0.05) is 49.6 Å². The van der Waals surface area contributed by atoms with Gasteiger partial charge in [-0.25, -0.2) is 8.42 Å². The van der Waals surface area contributed by atoms with E-state index in [4.69, 9.17) is 5.73 Å². The summed E-state index contributed by atoms with van der Waals surface area (Å²) >= 11 is 0. The number of amides is 3. The van der Waals surface area contributed by atoms with Gasteiger partial charge in [-0.3, -0.25) is 24.6 Å². The van der Waals surface area contributed by atoms with Crippen LogP contribution in [0.5, 0.6) is 0 Å². The van der Waals surface area contributed by atoms with Gasteiger partial charge in [-0.1, -0.05) is 18.2 Å². The van der Waals surface area contributed by atoms with Gasteiger partial charge < -0.3 is 10.6 Å². The molecule has 4 heterocycles. The first kappa shape index (κ1) is 19.7. The molecule has 1 aromatic carbocycles. The first-order valence-electron chi connectivity index (χ1n) is 10.1. The number of hydrogen-bond donors (Lipinski definition) is 2. The number of hydrogen-bond acceptors (Lipinski definition) is 7. The molecule has 4 aliphatic rings. The summed E-state index contributed by atoms with van der Waals surface area (Å²) in [5, 5.41) is 2.32. The van der Waals surface area contributed by atoms with Gasteiger partial charge in [0.2, 0.25) is 11.8 Å². The number of nitrogens with two attached hydrogens (primary N) is 1. The van der Waals surface area contributed by atoms with E-state index in [9.17, 15) is 22.8 Å². The van der Waals surface area contributed by atoms with Crippen LogP contribution in [0, 0.1) is 5.92 Å². The molecule has 3 N–H and O–H groups in total. The predicted octanol–water partition coefficient (Wildman–Crippen LogP) is -0.995. The van der Waals surface area contributed by atoms with E-state index < -0.39 is 27.3 Å². The van der Waals surface area contributed by atoms with Crippen molar-refractivity contribution < 1.29 is 22.8 Å². The van der Waals surface area contributed by atoms with E-state index in [0.29, 0.717) is 38.2 Å². The van der Waals surface area contributed by atoms with E-state index in [1.165, 1.54) is 0 Å². The Morgan fingerprint density at radius 3 is 2.77 bits per heavy atom. The van der Waals surface area contributed by atoms with Crippen molar-refractivity contribution in [3.05, 3.63) is 34.9 Å². The summed E-state index contributed by atoms with van der Waals surface area (Å²) in [5.41, 5.74) is 8.02. The largest absolute Gasteiger partial charge is 0.323 e. The maximum Gasteiger partial charge on any atom is 0.255 e. The normalized spacial score (nSPS) is 33.0. The number of piperidine rings is 1. The number of nitrogens with one attached hydrogen (secondary N) is 1. The van der Waals surface area contributed by atoms with Gasteiger partial charge in [0.1, 0.15) is 6.04 Å². The number of likely N-dealkylation sites (tertiary alicyclic amines) is 1. The fraction of sp³-hybridized carbons (Fsp3) is 0.550. The minimum atomic E-state index is -3.08. The second-order valence-corrected chi connectivity index (χ2v) is 11.1. The van der Waals surface area contributed by atoms with Crippen LogP contribution in [0.1, 0.15) is 34.3 Å². The van der Waals surface area contributed by atoms with Crippen LogP contribution in [0.4, 0.5) is 0 Å². The summed E-state index contributed by atoms with van der Waals surface area (Å²) in [6, 6.07) is 5.05. The predicted molar refractivity (Wildman–Crippen MR) is 107 cm³/mol. The number of carbonyl (C=O) groups excluding carboxylic acids is 3.